The van der Waals surface area contributed by atoms with Gasteiger partial charge in [0.2, 0.25) is 0 Å². The minimum absolute atomic E-state index is 0.227. The van der Waals surface area contributed by atoms with E-state index in [1.165, 1.54) is 0 Å². The summed E-state index contributed by atoms with van der Waals surface area (Å²) in [5.74, 6) is 0.334. The molecule has 0 aromatic heterocycles. The van der Waals surface area contributed by atoms with Crippen LogP contribution in [0.1, 0.15) is 12.0 Å². The van der Waals surface area contributed by atoms with Gasteiger partial charge in [-0.2, -0.15) is 5.26 Å². The summed E-state index contributed by atoms with van der Waals surface area (Å²) in [7, 11) is 0. The van der Waals surface area contributed by atoms with Crippen LogP contribution in [-0.4, -0.2) is 29.7 Å². The van der Waals surface area contributed by atoms with Crippen molar-refractivity contribution in [3.05, 3.63) is 42.0 Å². The van der Waals surface area contributed by atoms with Gasteiger partial charge in [0.15, 0.2) is 0 Å². The molecule has 1 atom stereocenters. The molecule has 3 nitrogen and oxygen atoms in total. The zero-order chi connectivity index (χ0) is 12.1. The van der Waals surface area contributed by atoms with E-state index in [2.05, 4.69) is 11.0 Å². The first-order chi connectivity index (χ1) is 8.35. The van der Waals surface area contributed by atoms with Gasteiger partial charge < -0.3 is 10.0 Å². The molecular weight excluding hydrogens is 212 g/mol. The quantitative estimate of drug-likeness (QED) is 0.803. The molecule has 1 saturated heterocycles. The number of aliphatic hydroxyl groups excluding tert-OH is 1. The SMILES string of the molecule is N#C/C=C(\c1ccccc1)N1CCC(CO)C1. The molecule has 1 aromatic rings. The van der Waals surface area contributed by atoms with Crippen molar-refractivity contribution in [1.29, 1.82) is 5.26 Å². The third-order valence-corrected chi connectivity index (χ3v) is 3.16. The molecule has 0 bridgehead atoms. The topological polar surface area (TPSA) is 47.3 Å². The number of allylic oxidation sites excluding steroid dienone is 1. The molecule has 2 rings (SSSR count). The van der Waals surface area contributed by atoms with E-state index in [9.17, 15) is 0 Å². The van der Waals surface area contributed by atoms with Crippen molar-refractivity contribution in [1.82, 2.24) is 4.90 Å². The molecule has 1 aliphatic heterocycles. The van der Waals surface area contributed by atoms with E-state index in [4.69, 9.17) is 10.4 Å². The second-order valence-electron chi connectivity index (χ2n) is 4.31. The maximum absolute atomic E-state index is 9.15. The number of hydrogen-bond acceptors (Lipinski definition) is 3. The molecule has 1 aromatic carbocycles. The minimum atomic E-state index is 0.227. The molecule has 88 valence electrons. The summed E-state index contributed by atoms with van der Waals surface area (Å²) in [4.78, 5) is 2.18. The second-order valence-corrected chi connectivity index (χ2v) is 4.31. The predicted octanol–water partition coefficient (Wildman–Crippen LogP) is 1.87. The van der Waals surface area contributed by atoms with Crippen LogP contribution in [0.5, 0.6) is 0 Å². The van der Waals surface area contributed by atoms with Crippen molar-refractivity contribution in [2.45, 2.75) is 6.42 Å². The number of nitriles is 1. The fraction of sp³-hybridized carbons (Fsp3) is 0.357. The third-order valence-electron chi connectivity index (χ3n) is 3.16. The van der Waals surface area contributed by atoms with E-state index in [1.807, 2.05) is 30.3 Å². The van der Waals surface area contributed by atoms with Crippen LogP contribution in [0.2, 0.25) is 0 Å². The third kappa shape index (κ3) is 2.66. The van der Waals surface area contributed by atoms with E-state index in [-0.39, 0.29) is 6.61 Å². The summed E-state index contributed by atoms with van der Waals surface area (Å²) in [6.45, 7) is 1.97. The zero-order valence-electron chi connectivity index (χ0n) is 9.71. The molecule has 1 fully saturated rings. The summed E-state index contributed by atoms with van der Waals surface area (Å²) in [6, 6.07) is 12.0. The Morgan fingerprint density at radius 3 is 2.82 bits per heavy atom. The normalized spacial score (nSPS) is 20.4. The molecule has 1 aliphatic rings. The molecule has 0 radical (unpaired) electrons. The number of nitrogens with zero attached hydrogens (tertiary/aromatic N) is 2. The predicted molar refractivity (Wildman–Crippen MR) is 66.8 cm³/mol. The number of benzene rings is 1. The van der Waals surface area contributed by atoms with Crippen LogP contribution in [0.25, 0.3) is 5.70 Å². The lowest BCUT2D eigenvalue weighted by Gasteiger charge is -2.21. The van der Waals surface area contributed by atoms with Gasteiger partial charge in [-0.15, -0.1) is 0 Å². The standard InChI is InChI=1S/C14H16N2O/c15-8-6-14(13-4-2-1-3-5-13)16-9-7-12(10-16)11-17/h1-6,12,17H,7,9-11H2/b14-6+. The molecule has 0 spiro atoms. The highest BCUT2D eigenvalue weighted by molar-refractivity contribution is 5.66. The number of hydrogen-bond donors (Lipinski definition) is 1. The monoisotopic (exact) mass is 228 g/mol. The molecular formula is C14H16N2O. The summed E-state index contributed by atoms with van der Waals surface area (Å²) < 4.78 is 0. The Hall–Kier alpha value is -1.79. The van der Waals surface area contributed by atoms with E-state index in [1.54, 1.807) is 6.08 Å². The Bertz CT molecular complexity index is 433. The summed E-state index contributed by atoms with van der Waals surface area (Å²) >= 11 is 0. The highest BCUT2D eigenvalue weighted by atomic mass is 16.3. The number of rotatable bonds is 3. The van der Waals surface area contributed by atoms with Gasteiger partial charge >= 0.3 is 0 Å². The Balaban J connectivity index is 2.21. The van der Waals surface area contributed by atoms with Gasteiger partial charge in [-0.05, 0) is 12.0 Å². The lowest BCUT2D eigenvalue weighted by atomic mass is 10.1. The number of aliphatic hydroxyl groups is 1. The maximum atomic E-state index is 9.15. The van der Waals surface area contributed by atoms with Crippen molar-refractivity contribution in [2.75, 3.05) is 19.7 Å². The molecule has 0 amide bonds. The van der Waals surface area contributed by atoms with E-state index in [0.29, 0.717) is 5.92 Å². The van der Waals surface area contributed by atoms with Crippen LogP contribution in [-0.2, 0) is 0 Å². The van der Waals surface area contributed by atoms with Gasteiger partial charge in [-0.1, -0.05) is 30.3 Å². The molecule has 1 unspecified atom stereocenters. The average molecular weight is 228 g/mol. The summed E-state index contributed by atoms with van der Waals surface area (Å²) in [6.07, 6.45) is 2.58. The van der Waals surface area contributed by atoms with Crippen LogP contribution in [0.15, 0.2) is 36.4 Å². The Labute approximate surface area is 102 Å². The van der Waals surface area contributed by atoms with Gasteiger partial charge in [0, 0.05) is 31.7 Å². The molecule has 0 aliphatic carbocycles. The zero-order valence-corrected chi connectivity index (χ0v) is 9.71. The van der Waals surface area contributed by atoms with Crippen LogP contribution in [0.4, 0.5) is 0 Å². The second kappa shape index (κ2) is 5.51. The van der Waals surface area contributed by atoms with E-state index < -0.39 is 0 Å². The van der Waals surface area contributed by atoms with Gasteiger partial charge in [0.1, 0.15) is 0 Å². The van der Waals surface area contributed by atoms with Crippen molar-refractivity contribution in [3.63, 3.8) is 0 Å². The Kier molecular flexibility index (Phi) is 3.79. The Morgan fingerprint density at radius 1 is 1.47 bits per heavy atom. The molecule has 1 heterocycles. The van der Waals surface area contributed by atoms with Gasteiger partial charge in [-0.3, -0.25) is 0 Å². The molecule has 17 heavy (non-hydrogen) atoms. The van der Waals surface area contributed by atoms with Gasteiger partial charge in [0.05, 0.1) is 11.8 Å². The first-order valence-electron chi connectivity index (χ1n) is 5.86. The van der Waals surface area contributed by atoms with Crippen LogP contribution < -0.4 is 0 Å². The van der Waals surface area contributed by atoms with Crippen molar-refractivity contribution < 1.29 is 5.11 Å². The molecule has 0 saturated carbocycles. The fourth-order valence-corrected chi connectivity index (χ4v) is 2.23. The first kappa shape index (κ1) is 11.7. The Morgan fingerprint density at radius 2 is 2.24 bits per heavy atom. The summed E-state index contributed by atoms with van der Waals surface area (Å²) in [5.41, 5.74) is 2.02. The lowest BCUT2D eigenvalue weighted by Crippen LogP contribution is -2.20. The largest absolute Gasteiger partial charge is 0.396 e. The van der Waals surface area contributed by atoms with Gasteiger partial charge in [-0.25, -0.2) is 0 Å². The van der Waals surface area contributed by atoms with E-state index in [0.717, 1.165) is 30.8 Å². The minimum Gasteiger partial charge on any atom is -0.396 e. The summed E-state index contributed by atoms with van der Waals surface area (Å²) in [5, 5.41) is 18.0. The van der Waals surface area contributed by atoms with Gasteiger partial charge in [0.25, 0.3) is 0 Å². The van der Waals surface area contributed by atoms with Crippen molar-refractivity contribution in [2.24, 2.45) is 5.92 Å². The number of likely N-dealkylation sites (tertiary alicyclic amines) is 1. The maximum Gasteiger partial charge on any atom is 0.0934 e. The first-order valence-corrected chi connectivity index (χ1v) is 5.86. The van der Waals surface area contributed by atoms with Crippen LogP contribution in [0, 0.1) is 17.2 Å². The lowest BCUT2D eigenvalue weighted by molar-refractivity contribution is 0.231. The van der Waals surface area contributed by atoms with Crippen LogP contribution >= 0.6 is 0 Å². The van der Waals surface area contributed by atoms with Crippen molar-refractivity contribution in [3.8, 4) is 6.07 Å². The van der Waals surface area contributed by atoms with Crippen molar-refractivity contribution >= 4 is 5.70 Å². The average Bonchev–Trinajstić information content (AvgIpc) is 2.85. The highest BCUT2D eigenvalue weighted by Gasteiger charge is 2.23. The van der Waals surface area contributed by atoms with Crippen LogP contribution in [0.3, 0.4) is 0 Å². The molecule has 3 heteroatoms. The smallest absolute Gasteiger partial charge is 0.0934 e. The molecule has 1 N–H and O–H groups in total. The highest BCUT2D eigenvalue weighted by Crippen LogP contribution is 2.26. The van der Waals surface area contributed by atoms with E-state index >= 15 is 0 Å². The fourth-order valence-electron chi connectivity index (χ4n) is 2.23.